The van der Waals surface area contributed by atoms with Gasteiger partial charge in [-0.3, -0.25) is 0 Å². The molecular formula is C6HBrClF2N2+. The second kappa shape index (κ2) is 3.33. The highest BCUT2D eigenvalue weighted by atomic mass is 79.9. The number of benzene rings is 1. The molecule has 1 aromatic carbocycles. The Hall–Kier alpha value is -0.730. The maximum Gasteiger partial charge on any atom is 0.407 e. The van der Waals surface area contributed by atoms with E-state index in [9.17, 15) is 8.78 Å². The summed E-state index contributed by atoms with van der Waals surface area (Å²) in [5, 5.41) is 8.12. The number of rotatable bonds is 0. The fourth-order valence-corrected chi connectivity index (χ4v) is 1.20. The summed E-state index contributed by atoms with van der Waals surface area (Å²) >= 11 is 8.17. The number of diazo groups is 1. The van der Waals surface area contributed by atoms with Gasteiger partial charge in [-0.05, 0) is 15.9 Å². The molecule has 0 N–H and O–H groups in total. The van der Waals surface area contributed by atoms with Crippen molar-refractivity contribution in [1.29, 1.82) is 5.39 Å². The Kier molecular flexibility index (Phi) is 2.60. The molecule has 0 aliphatic carbocycles. The maximum absolute atomic E-state index is 12.7. The van der Waals surface area contributed by atoms with Crippen LogP contribution in [0, 0.1) is 17.0 Å². The zero-order valence-electron chi connectivity index (χ0n) is 5.48. The van der Waals surface area contributed by atoms with E-state index in [4.69, 9.17) is 17.0 Å². The summed E-state index contributed by atoms with van der Waals surface area (Å²) in [6, 6.07) is 0.697. The largest absolute Gasteiger partial charge is 0.407 e. The van der Waals surface area contributed by atoms with Crippen LogP contribution in [0.2, 0.25) is 5.02 Å². The number of hydrogen-bond donors (Lipinski definition) is 0. The molecule has 0 amide bonds. The lowest BCUT2D eigenvalue weighted by Gasteiger charge is -1.94. The molecule has 0 saturated heterocycles. The highest BCUT2D eigenvalue weighted by Crippen LogP contribution is 2.35. The monoisotopic (exact) mass is 253 g/mol. The lowest BCUT2D eigenvalue weighted by Crippen LogP contribution is -1.85. The molecule has 0 fully saturated rings. The topological polar surface area (TPSA) is 28.1 Å². The van der Waals surface area contributed by atoms with Crippen LogP contribution in [0.5, 0.6) is 0 Å². The SMILES string of the molecule is N#[N+]c1cc(F)c(F)c(Br)c1Cl. The molecule has 0 atom stereocenters. The van der Waals surface area contributed by atoms with Gasteiger partial charge < -0.3 is 0 Å². The van der Waals surface area contributed by atoms with Gasteiger partial charge in [0.25, 0.3) is 0 Å². The van der Waals surface area contributed by atoms with E-state index < -0.39 is 11.6 Å². The summed E-state index contributed by atoms with van der Waals surface area (Å²) in [6.07, 6.45) is 0. The van der Waals surface area contributed by atoms with Crippen LogP contribution in [0.15, 0.2) is 10.5 Å². The van der Waals surface area contributed by atoms with Crippen molar-refractivity contribution in [2.45, 2.75) is 0 Å². The highest BCUT2D eigenvalue weighted by molar-refractivity contribution is 9.10. The molecule has 0 unspecified atom stereocenters. The van der Waals surface area contributed by atoms with Crippen LogP contribution >= 0.6 is 27.5 Å². The minimum absolute atomic E-state index is 0.170. The van der Waals surface area contributed by atoms with Gasteiger partial charge in [0.05, 0.1) is 10.5 Å². The second-order valence-corrected chi connectivity index (χ2v) is 3.09. The van der Waals surface area contributed by atoms with Gasteiger partial charge in [-0.15, -0.1) is 0 Å². The Balaban J connectivity index is 3.52. The summed E-state index contributed by atoms with van der Waals surface area (Å²) in [5.41, 5.74) is -0.220. The molecule has 0 heterocycles. The molecule has 0 bridgehead atoms. The first-order valence-electron chi connectivity index (χ1n) is 2.76. The lowest BCUT2D eigenvalue weighted by atomic mass is 10.3. The average Bonchev–Trinajstić information content (AvgIpc) is 2.08. The predicted octanol–water partition coefficient (Wildman–Crippen LogP) is 3.87. The Morgan fingerprint density at radius 3 is 2.58 bits per heavy atom. The molecule has 0 saturated carbocycles. The van der Waals surface area contributed by atoms with Crippen molar-refractivity contribution in [3.63, 3.8) is 0 Å². The first-order chi connectivity index (χ1) is 5.57. The number of halogens is 4. The Morgan fingerprint density at radius 1 is 1.50 bits per heavy atom. The fraction of sp³-hybridized carbons (Fsp3) is 0. The van der Waals surface area contributed by atoms with Crippen molar-refractivity contribution in [3.8, 4) is 0 Å². The molecule has 6 heteroatoms. The van der Waals surface area contributed by atoms with Gasteiger partial charge in [0.15, 0.2) is 21.6 Å². The third kappa shape index (κ3) is 1.40. The van der Waals surface area contributed by atoms with Crippen molar-refractivity contribution in [3.05, 3.63) is 32.2 Å². The average molecular weight is 254 g/mol. The van der Waals surface area contributed by atoms with Crippen molar-refractivity contribution < 1.29 is 8.78 Å². The van der Waals surface area contributed by atoms with Gasteiger partial charge >= 0.3 is 5.69 Å². The third-order valence-corrected chi connectivity index (χ3v) is 2.55. The summed E-state index contributed by atoms with van der Waals surface area (Å²) in [7, 11) is 0. The zero-order valence-corrected chi connectivity index (χ0v) is 7.83. The molecule has 1 aromatic rings. The molecule has 62 valence electrons. The van der Waals surface area contributed by atoms with E-state index in [2.05, 4.69) is 20.9 Å². The molecule has 0 aliphatic heterocycles. The van der Waals surface area contributed by atoms with Crippen LogP contribution in [0.4, 0.5) is 14.5 Å². The van der Waals surface area contributed by atoms with Crippen molar-refractivity contribution in [1.82, 2.24) is 0 Å². The Bertz CT molecular complexity index is 375. The standard InChI is InChI=1S/C6HBrClF2N2/c7-4-5(8)3(12-11)1-2(9)6(4)10/h1H/q+1. The summed E-state index contributed by atoms with van der Waals surface area (Å²) in [4.78, 5) is 2.66. The minimum Gasteiger partial charge on any atom is -0.203 e. The summed E-state index contributed by atoms with van der Waals surface area (Å²) in [5.74, 6) is -2.23. The van der Waals surface area contributed by atoms with Gasteiger partial charge in [-0.25, -0.2) is 8.78 Å². The van der Waals surface area contributed by atoms with Crippen LogP contribution in [0.3, 0.4) is 0 Å². The van der Waals surface area contributed by atoms with Gasteiger partial charge in [-0.2, -0.15) is 0 Å². The Morgan fingerprint density at radius 2 is 2.08 bits per heavy atom. The van der Waals surface area contributed by atoms with Crippen LogP contribution in [-0.2, 0) is 0 Å². The quantitative estimate of drug-likeness (QED) is 0.392. The predicted molar refractivity (Wildman–Crippen MR) is 43.8 cm³/mol. The number of nitrogens with zero attached hydrogens (tertiary/aromatic N) is 2. The van der Waals surface area contributed by atoms with Gasteiger partial charge in [0.1, 0.15) is 0 Å². The lowest BCUT2D eigenvalue weighted by molar-refractivity contribution is 0.505. The van der Waals surface area contributed by atoms with Gasteiger partial charge in [0.2, 0.25) is 5.39 Å². The molecular weight excluding hydrogens is 253 g/mol. The van der Waals surface area contributed by atoms with E-state index in [-0.39, 0.29) is 15.2 Å². The van der Waals surface area contributed by atoms with E-state index in [1.807, 2.05) is 0 Å². The number of hydrogen-bond acceptors (Lipinski definition) is 1. The van der Waals surface area contributed by atoms with Crippen molar-refractivity contribution in [2.24, 2.45) is 0 Å². The maximum atomic E-state index is 12.7. The normalized spacial score (nSPS) is 9.58. The minimum atomic E-state index is -1.13. The molecule has 12 heavy (non-hydrogen) atoms. The van der Waals surface area contributed by atoms with Gasteiger partial charge in [-0.1, -0.05) is 11.6 Å². The molecule has 0 radical (unpaired) electrons. The van der Waals surface area contributed by atoms with E-state index >= 15 is 0 Å². The molecule has 1 rings (SSSR count). The van der Waals surface area contributed by atoms with E-state index in [0.717, 1.165) is 0 Å². The first-order valence-corrected chi connectivity index (χ1v) is 3.93. The van der Waals surface area contributed by atoms with Crippen LogP contribution in [0.25, 0.3) is 4.98 Å². The fourth-order valence-electron chi connectivity index (χ4n) is 0.633. The summed E-state index contributed by atoms with van der Waals surface area (Å²) in [6.45, 7) is 0. The first kappa shape index (κ1) is 9.36. The highest BCUT2D eigenvalue weighted by Gasteiger charge is 2.22. The molecule has 2 nitrogen and oxygen atoms in total. The van der Waals surface area contributed by atoms with Crippen LogP contribution in [-0.4, -0.2) is 0 Å². The Labute approximate surface area is 79.9 Å². The van der Waals surface area contributed by atoms with E-state index in [1.165, 1.54) is 0 Å². The molecule has 0 aromatic heterocycles. The third-order valence-electron chi connectivity index (χ3n) is 1.19. The van der Waals surface area contributed by atoms with Gasteiger partial charge in [0, 0.05) is 0 Å². The van der Waals surface area contributed by atoms with Crippen molar-refractivity contribution >= 4 is 33.2 Å². The smallest absolute Gasteiger partial charge is 0.203 e. The van der Waals surface area contributed by atoms with Crippen molar-refractivity contribution in [2.75, 3.05) is 0 Å². The second-order valence-electron chi connectivity index (χ2n) is 1.92. The van der Waals surface area contributed by atoms with Crippen LogP contribution in [0.1, 0.15) is 0 Å². The molecule has 0 aliphatic rings. The van der Waals surface area contributed by atoms with E-state index in [0.29, 0.717) is 6.07 Å². The van der Waals surface area contributed by atoms with E-state index in [1.54, 1.807) is 0 Å². The van der Waals surface area contributed by atoms with Crippen LogP contribution < -0.4 is 0 Å². The summed E-state index contributed by atoms with van der Waals surface area (Å²) < 4.78 is 25.0. The molecule has 0 spiro atoms. The zero-order chi connectivity index (χ0) is 9.30.